The third-order valence-corrected chi connectivity index (χ3v) is 4.48. The van der Waals surface area contributed by atoms with E-state index in [1.807, 2.05) is 4.90 Å². The molecule has 1 aromatic carbocycles. The van der Waals surface area contributed by atoms with Crippen LogP contribution >= 0.6 is 15.9 Å². The van der Waals surface area contributed by atoms with Gasteiger partial charge in [0.2, 0.25) is 5.91 Å². The first-order valence-corrected chi connectivity index (χ1v) is 8.00. The second kappa shape index (κ2) is 6.27. The Kier molecular flexibility index (Phi) is 4.86. The van der Waals surface area contributed by atoms with E-state index in [1.54, 1.807) is 0 Å². The first-order chi connectivity index (χ1) is 9.40. The van der Waals surface area contributed by atoms with Crippen LogP contribution in [0.2, 0.25) is 0 Å². The average Bonchev–Trinajstić information content (AvgIpc) is 2.35. The molecule has 2 N–H and O–H groups in total. The average molecular weight is 339 g/mol. The number of halogens is 1. The number of hydrogen-bond acceptors (Lipinski definition) is 2. The van der Waals surface area contributed by atoms with Crippen molar-refractivity contribution in [2.45, 2.75) is 45.7 Å². The van der Waals surface area contributed by atoms with Crippen LogP contribution in [0.4, 0.5) is 0 Å². The molecule has 3 nitrogen and oxygen atoms in total. The molecule has 1 heterocycles. The van der Waals surface area contributed by atoms with Crippen LogP contribution in [0.5, 0.6) is 0 Å². The lowest BCUT2D eigenvalue weighted by Gasteiger charge is -2.41. The molecular weight excluding hydrogens is 316 g/mol. The van der Waals surface area contributed by atoms with Gasteiger partial charge < -0.3 is 10.6 Å². The number of benzene rings is 1. The monoisotopic (exact) mass is 338 g/mol. The van der Waals surface area contributed by atoms with Gasteiger partial charge >= 0.3 is 0 Å². The van der Waals surface area contributed by atoms with Gasteiger partial charge in [-0.05, 0) is 36.5 Å². The number of aryl methyl sites for hydroxylation is 1. The molecule has 0 radical (unpaired) electrons. The summed E-state index contributed by atoms with van der Waals surface area (Å²) in [6.07, 6.45) is 1.33. The Hall–Kier alpha value is -0.870. The van der Waals surface area contributed by atoms with Gasteiger partial charge in [-0.1, -0.05) is 41.9 Å². The summed E-state index contributed by atoms with van der Waals surface area (Å²) in [5.74, 6) is 0.661. The summed E-state index contributed by atoms with van der Waals surface area (Å²) in [5.41, 5.74) is 8.65. The van der Waals surface area contributed by atoms with E-state index in [-0.39, 0.29) is 18.0 Å². The van der Waals surface area contributed by atoms with Gasteiger partial charge in [0.05, 0.1) is 6.04 Å². The van der Waals surface area contributed by atoms with Gasteiger partial charge in [0.25, 0.3) is 0 Å². The number of nitrogens with zero attached hydrogens (tertiary/aromatic N) is 1. The highest BCUT2D eigenvalue weighted by atomic mass is 79.9. The molecule has 0 bridgehead atoms. The number of carbonyl (C=O) groups is 1. The summed E-state index contributed by atoms with van der Waals surface area (Å²) in [6.45, 7) is 7.09. The highest BCUT2D eigenvalue weighted by Crippen LogP contribution is 2.35. The van der Waals surface area contributed by atoms with E-state index in [4.69, 9.17) is 5.73 Å². The van der Waals surface area contributed by atoms with Crippen LogP contribution in [0.1, 0.15) is 43.9 Å². The summed E-state index contributed by atoms with van der Waals surface area (Å²) in [6, 6.07) is 6.25. The van der Waals surface area contributed by atoms with Crippen molar-refractivity contribution in [2.75, 3.05) is 6.54 Å². The lowest BCUT2D eigenvalue weighted by Crippen LogP contribution is -2.50. The van der Waals surface area contributed by atoms with Crippen LogP contribution < -0.4 is 5.73 Å². The van der Waals surface area contributed by atoms with E-state index in [0.717, 1.165) is 23.0 Å². The molecule has 0 aliphatic carbocycles. The predicted molar refractivity (Wildman–Crippen MR) is 85.4 cm³/mol. The standard InChI is InChI=1S/C16H23BrN2O/c1-10(2)9-19-15(20)7-6-14(18)16(19)12-5-4-11(3)8-13(12)17/h4-5,8,10,14,16H,6-7,9,18H2,1-3H3. The molecule has 1 saturated heterocycles. The van der Waals surface area contributed by atoms with Crippen LogP contribution in [0, 0.1) is 12.8 Å². The Labute approximate surface area is 129 Å². The Bertz CT molecular complexity index is 501. The number of carbonyl (C=O) groups excluding carboxylic acids is 1. The van der Waals surface area contributed by atoms with E-state index >= 15 is 0 Å². The topological polar surface area (TPSA) is 46.3 Å². The Morgan fingerprint density at radius 1 is 1.45 bits per heavy atom. The van der Waals surface area contributed by atoms with Crippen molar-refractivity contribution >= 4 is 21.8 Å². The van der Waals surface area contributed by atoms with E-state index in [0.29, 0.717) is 12.3 Å². The summed E-state index contributed by atoms with van der Waals surface area (Å²) >= 11 is 3.63. The number of nitrogens with two attached hydrogens (primary N) is 1. The number of likely N-dealkylation sites (tertiary alicyclic amines) is 1. The van der Waals surface area contributed by atoms with Crippen molar-refractivity contribution in [3.8, 4) is 0 Å². The molecule has 0 aromatic heterocycles. The van der Waals surface area contributed by atoms with E-state index < -0.39 is 0 Å². The zero-order valence-corrected chi connectivity index (χ0v) is 14.0. The van der Waals surface area contributed by atoms with Crippen LogP contribution in [0.15, 0.2) is 22.7 Å². The van der Waals surface area contributed by atoms with E-state index in [2.05, 4.69) is 54.9 Å². The Morgan fingerprint density at radius 2 is 2.15 bits per heavy atom. The molecule has 2 unspecified atom stereocenters. The molecule has 0 saturated carbocycles. The lowest BCUT2D eigenvalue weighted by atomic mass is 9.89. The lowest BCUT2D eigenvalue weighted by molar-refractivity contribution is -0.138. The van der Waals surface area contributed by atoms with Gasteiger partial charge in [0, 0.05) is 23.5 Å². The summed E-state index contributed by atoms with van der Waals surface area (Å²) in [5, 5.41) is 0. The van der Waals surface area contributed by atoms with Gasteiger partial charge in [-0.25, -0.2) is 0 Å². The van der Waals surface area contributed by atoms with Gasteiger partial charge in [0.1, 0.15) is 0 Å². The highest BCUT2D eigenvalue weighted by molar-refractivity contribution is 9.10. The Balaban J connectivity index is 2.39. The number of amides is 1. The zero-order chi connectivity index (χ0) is 14.9. The molecule has 1 aliphatic rings. The molecule has 2 rings (SSSR count). The third kappa shape index (κ3) is 3.23. The molecule has 1 amide bonds. The second-order valence-corrected chi connectivity index (χ2v) is 6.97. The van der Waals surface area contributed by atoms with Crippen molar-refractivity contribution in [2.24, 2.45) is 11.7 Å². The molecule has 20 heavy (non-hydrogen) atoms. The van der Waals surface area contributed by atoms with Crippen molar-refractivity contribution in [1.82, 2.24) is 4.90 Å². The molecule has 110 valence electrons. The highest BCUT2D eigenvalue weighted by Gasteiger charge is 2.35. The molecule has 1 fully saturated rings. The first-order valence-electron chi connectivity index (χ1n) is 7.21. The van der Waals surface area contributed by atoms with Gasteiger partial charge in [-0.2, -0.15) is 0 Å². The largest absolute Gasteiger partial charge is 0.334 e. The molecule has 1 aliphatic heterocycles. The fourth-order valence-corrected chi connectivity index (χ4v) is 3.59. The fraction of sp³-hybridized carbons (Fsp3) is 0.562. The van der Waals surface area contributed by atoms with Gasteiger partial charge in [-0.3, -0.25) is 4.79 Å². The van der Waals surface area contributed by atoms with Crippen molar-refractivity contribution in [1.29, 1.82) is 0 Å². The molecule has 1 aromatic rings. The number of hydrogen-bond donors (Lipinski definition) is 1. The third-order valence-electron chi connectivity index (χ3n) is 3.79. The minimum atomic E-state index is -0.0198. The van der Waals surface area contributed by atoms with Crippen LogP contribution in [-0.2, 0) is 4.79 Å². The number of rotatable bonds is 3. The van der Waals surface area contributed by atoms with E-state index in [1.165, 1.54) is 5.56 Å². The smallest absolute Gasteiger partial charge is 0.223 e. The second-order valence-electron chi connectivity index (χ2n) is 6.11. The molecule has 2 atom stereocenters. The maximum Gasteiger partial charge on any atom is 0.223 e. The summed E-state index contributed by atoms with van der Waals surface area (Å²) in [4.78, 5) is 14.3. The van der Waals surface area contributed by atoms with Gasteiger partial charge in [0.15, 0.2) is 0 Å². The first kappa shape index (κ1) is 15.5. The van der Waals surface area contributed by atoms with Crippen molar-refractivity contribution in [3.05, 3.63) is 33.8 Å². The normalized spacial score (nSPS) is 23.5. The van der Waals surface area contributed by atoms with Crippen LogP contribution in [0.3, 0.4) is 0 Å². The van der Waals surface area contributed by atoms with Crippen LogP contribution in [-0.4, -0.2) is 23.4 Å². The van der Waals surface area contributed by atoms with Crippen LogP contribution in [0.25, 0.3) is 0 Å². The zero-order valence-electron chi connectivity index (χ0n) is 12.4. The minimum absolute atomic E-state index is 0.00505. The maximum absolute atomic E-state index is 12.3. The number of piperidine rings is 1. The molecule has 4 heteroatoms. The fourth-order valence-electron chi connectivity index (χ4n) is 2.86. The minimum Gasteiger partial charge on any atom is -0.334 e. The van der Waals surface area contributed by atoms with Gasteiger partial charge in [-0.15, -0.1) is 0 Å². The van der Waals surface area contributed by atoms with Crippen molar-refractivity contribution < 1.29 is 4.79 Å². The molecular formula is C16H23BrN2O. The van der Waals surface area contributed by atoms with E-state index in [9.17, 15) is 4.79 Å². The SMILES string of the molecule is Cc1ccc(C2C(N)CCC(=O)N2CC(C)C)c(Br)c1. The van der Waals surface area contributed by atoms with Crippen molar-refractivity contribution in [3.63, 3.8) is 0 Å². The molecule has 0 spiro atoms. The maximum atomic E-state index is 12.3. The summed E-state index contributed by atoms with van der Waals surface area (Å²) in [7, 11) is 0. The quantitative estimate of drug-likeness (QED) is 0.917. The Morgan fingerprint density at radius 3 is 2.75 bits per heavy atom. The predicted octanol–water partition coefficient (Wildman–Crippen LogP) is 3.40. The summed E-state index contributed by atoms with van der Waals surface area (Å²) < 4.78 is 1.04.